The van der Waals surface area contributed by atoms with Crippen LogP contribution in [0.25, 0.3) is 0 Å². The van der Waals surface area contributed by atoms with Gasteiger partial charge in [-0.3, -0.25) is 0 Å². The molecule has 2 aromatic carbocycles. The minimum atomic E-state index is -1.09. The zero-order valence-electron chi connectivity index (χ0n) is 10.3. The predicted molar refractivity (Wildman–Crippen MR) is 72.2 cm³/mol. The van der Waals surface area contributed by atoms with Crippen molar-refractivity contribution < 1.29 is 14.3 Å². The first-order chi connectivity index (χ1) is 8.97. The number of nitrogen functional groups attached to an aromatic ring is 1. The first-order valence-corrected chi connectivity index (χ1v) is 5.63. The topological polar surface area (TPSA) is 75.3 Å². The largest absolute Gasteiger partial charge is 0.478 e. The highest BCUT2D eigenvalue weighted by atomic mass is 19.1. The van der Waals surface area contributed by atoms with Crippen molar-refractivity contribution in [3.05, 3.63) is 53.3 Å². The van der Waals surface area contributed by atoms with Crippen LogP contribution >= 0.6 is 0 Å². The van der Waals surface area contributed by atoms with E-state index in [0.717, 1.165) is 5.56 Å². The Bertz CT molecular complexity index is 641. The molecule has 0 aliphatic heterocycles. The van der Waals surface area contributed by atoms with Gasteiger partial charge in [0.1, 0.15) is 5.82 Å². The Morgan fingerprint density at radius 1 is 1.26 bits per heavy atom. The van der Waals surface area contributed by atoms with E-state index in [1.807, 2.05) is 6.92 Å². The van der Waals surface area contributed by atoms with E-state index in [0.29, 0.717) is 11.4 Å². The number of anilines is 3. The van der Waals surface area contributed by atoms with Crippen LogP contribution in [0.3, 0.4) is 0 Å². The predicted octanol–water partition coefficient (Wildman–Crippen LogP) is 3.16. The van der Waals surface area contributed by atoms with Crippen LogP contribution in [0, 0.1) is 12.7 Å². The van der Waals surface area contributed by atoms with Gasteiger partial charge >= 0.3 is 5.97 Å². The summed E-state index contributed by atoms with van der Waals surface area (Å²) in [6, 6.07) is 9.09. The summed E-state index contributed by atoms with van der Waals surface area (Å²) in [6.45, 7) is 1.85. The summed E-state index contributed by atoms with van der Waals surface area (Å²) in [5.41, 5.74) is 7.55. The van der Waals surface area contributed by atoms with E-state index in [9.17, 15) is 9.18 Å². The van der Waals surface area contributed by atoms with Gasteiger partial charge in [-0.25, -0.2) is 9.18 Å². The quantitative estimate of drug-likeness (QED) is 0.741. The van der Waals surface area contributed by atoms with Crippen LogP contribution in [0.5, 0.6) is 0 Å². The van der Waals surface area contributed by atoms with E-state index in [-0.39, 0.29) is 17.1 Å². The fraction of sp³-hybridized carbons (Fsp3) is 0.0714. The lowest BCUT2D eigenvalue weighted by molar-refractivity contribution is 0.0698. The summed E-state index contributed by atoms with van der Waals surface area (Å²) in [4.78, 5) is 10.8. The van der Waals surface area contributed by atoms with Gasteiger partial charge in [0, 0.05) is 11.4 Å². The average molecular weight is 260 g/mol. The van der Waals surface area contributed by atoms with Crippen molar-refractivity contribution in [1.29, 1.82) is 0 Å². The molecule has 0 aromatic heterocycles. The van der Waals surface area contributed by atoms with Crippen molar-refractivity contribution in [2.45, 2.75) is 6.92 Å². The molecule has 0 aliphatic rings. The number of hydrogen-bond donors (Lipinski definition) is 3. The van der Waals surface area contributed by atoms with Gasteiger partial charge in [0.15, 0.2) is 0 Å². The number of benzene rings is 2. The van der Waals surface area contributed by atoms with Crippen LogP contribution in [0.15, 0.2) is 36.4 Å². The van der Waals surface area contributed by atoms with Crippen molar-refractivity contribution >= 4 is 23.0 Å². The molecule has 0 radical (unpaired) electrons. The summed E-state index contributed by atoms with van der Waals surface area (Å²) < 4.78 is 13.6. The first kappa shape index (κ1) is 12.9. The van der Waals surface area contributed by atoms with Gasteiger partial charge in [-0.05, 0) is 42.8 Å². The van der Waals surface area contributed by atoms with Gasteiger partial charge in [0.25, 0.3) is 0 Å². The van der Waals surface area contributed by atoms with Crippen molar-refractivity contribution in [3.63, 3.8) is 0 Å². The molecule has 19 heavy (non-hydrogen) atoms. The molecule has 4 nitrogen and oxygen atoms in total. The summed E-state index contributed by atoms with van der Waals surface area (Å²) in [5, 5.41) is 11.7. The summed E-state index contributed by atoms with van der Waals surface area (Å²) in [7, 11) is 0. The molecule has 2 rings (SSSR count). The zero-order chi connectivity index (χ0) is 14.0. The average Bonchev–Trinajstić information content (AvgIpc) is 2.33. The Balaban J connectivity index is 2.31. The molecular weight excluding hydrogens is 247 g/mol. The van der Waals surface area contributed by atoms with Crippen molar-refractivity contribution in [3.8, 4) is 0 Å². The Morgan fingerprint density at radius 3 is 2.63 bits per heavy atom. The van der Waals surface area contributed by atoms with Gasteiger partial charge in [-0.2, -0.15) is 0 Å². The molecule has 0 unspecified atom stereocenters. The Labute approximate surface area is 109 Å². The fourth-order valence-corrected chi connectivity index (χ4v) is 1.73. The van der Waals surface area contributed by atoms with Crippen LogP contribution in [-0.2, 0) is 0 Å². The lowest BCUT2D eigenvalue weighted by Gasteiger charge is -2.10. The third kappa shape index (κ3) is 2.82. The van der Waals surface area contributed by atoms with E-state index >= 15 is 0 Å². The number of carboxylic acids is 1. The summed E-state index contributed by atoms with van der Waals surface area (Å²) in [6.07, 6.45) is 0. The second-order valence-corrected chi connectivity index (χ2v) is 4.22. The highest BCUT2D eigenvalue weighted by molar-refractivity contribution is 5.94. The molecule has 5 heteroatoms. The number of rotatable bonds is 3. The van der Waals surface area contributed by atoms with Gasteiger partial charge in [-0.1, -0.05) is 6.07 Å². The van der Waals surface area contributed by atoms with Crippen molar-refractivity contribution in [2.75, 3.05) is 11.1 Å². The number of carboxylic acid groups (broad SMARTS) is 1. The summed E-state index contributed by atoms with van der Waals surface area (Å²) >= 11 is 0. The molecule has 4 N–H and O–H groups in total. The first-order valence-electron chi connectivity index (χ1n) is 5.63. The number of aromatic carboxylic acids is 1. The molecule has 0 saturated carbocycles. The molecule has 98 valence electrons. The minimum absolute atomic E-state index is 0.0234. The van der Waals surface area contributed by atoms with Crippen LogP contribution in [-0.4, -0.2) is 11.1 Å². The second kappa shape index (κ2) is 4.97. The molecular formula is C14H13FN2O2. The number of hydrogen-bond acceptors (Lipinski definition) is 3. The molecule has 0 fully saturated rings. The molecule has 0 atom stereocenters. The maximum atomic E-state index is 13.6. The smallest absolute Gasteiger partial charge is 0.337 e. The van der Waals surface area contributed by atoms with Gasteiger partial charge < -0.3 is 16.2 Å². The van der Waals surface area contributed by atoms with Gasteiger partial charge in [-0.15, -0.1) is 0 Å². The number of aryl methyl sites for hydroxylation is 1. The van der Waals surface area contributed by atoms with E-state index < -0.39 is 5.97 Å². The standard InChI is InChI=1S/C14H13FN2O2/c1-8-2-5-11(15)13(6-8)17-9-3-4-10(14(18)19)12(16)7-9/h2-7,17H,16H2,1H3,(H,18,19). The second-order valence-electron chi connectivity index (χ2n) is 4.22. The maximum Gasteiger partial charge on any atom is 0.337 e. The molecule has 0 bridgehead atoms. The molecule has 0 amide bonds. The third-order valence-corrected chi connectivity index (χ3v) is 2.68. The highest BCUT2D eigenvalue weighted by Gasteiger charge is 2.09. The van der Waals surface area contributed by atoms with E-state index in [1.54, 1.807) is 18.2 Å². The van der Waals surface area contributed by atoms with E-state index in [4.69, 9.17) is 10.8 Å². The zero-order valence-corrected chi connectivity index (χ0v) is 10.3. The molecule has 0 saturated heterocycles. The van der Waals surface area contributed by atoms with Crippen LogP contribution in [0.1, 0.15) is 15.9 Å². The monoisotopic (exact) mass is 260 g/mol. The Morgan fingerprint density at radius 2 is 2.00 bits per heavy atom. The third-order valence-electron chi connectivity index (χ3n) is 2.68. The Kier molecular flexibility index (Phi) is 3.37. The highest BCUT2D eigenvalue weighted by Crippen LogP contribution is 2.24. The number of nitrogens with two attached hydrogens (primary N) is 1. The lowest BCUT2D eigenvalue weighted by atomic mass is 10.1. The number of carbonyl (C=O) groups is 1. The minimum Gasteiger partial charge on any atom is -0.478 e. The SMILES string of the molecule is Cc1ccc(F)c(Nc2ccc(C(=O)O)c(N)c2)c1. The number of halogens is 1. The Hall–Kier alpha value is -2.56. The van der Waals surface area contributed by atoms with E-state index in [1.165, 1.54) is 18.2 Å². The molecule has 0 heterocycles. The van der Waals surface area contributed by atoms with Gasteiger partial charge in [0.2, 0.25) is 0 Å². The van der Waals surface area contributed by atoms with Crippen LogP contribution < -0.4 is 11.1 Å². The lowest BCUT2D eigenvalue weighted by Crippen LogP contribution is -2.03. The van der Waals surface area contributed by atoms with E-state index in [2.05, 4.69) is 5.32 Å². The molecule has 2 aromatic rings. The van der Waals surface area contributed by atoms with Crippen LogP contribution in [0.2, 0.25) is 0 Å². The fourth-order valence-electron chi connectivity index (χ4n) is 1.73. The number of nitrogens with one attached hydrogen (secondary N) is 1. The molecule has 0 aliphatic carbocycles. The van der Waals surface area contributed by atoms with Crippen molar-refractivity contribution in [1.82, 2.24) is 0 Å². The normalized spacial score (nSPS) is 10.2. The summed E-state index contributed by atoms with van der Waals surface area (Å²) in [5.74, 6) is -1.47. The maximum absolute atomic E-state index is 13.6. The van der Waals surface area contributed by atoms with Crippen molar-refractivity contribution in [2.24, 2.45) is 0 Å². The van der Waals surface area contributed by atoms with Gasteiger partial charge in [0.05, 0.1) is 11.3 Å². The molecule has 0 spiro atoms. The van der Waals surface area contributed by atoms with Crippen LogP contribution in [0.4, 0.5) is 21.5 Å².